The first-order valence-corrected chi connectivity index (χ1v) is 6.39. The minimum Gasteiger partial charge on any atom is -0.311 e. The summed E-state index contributed by atoms with van der Waals surface area (Å²) < 4.78 is 0. The molecular formula is C16H20N2. The molecule has 0 spiro atoms. The van der Waals surface area contributed by atoms with E-state index in [9.17, 15) is 0 Å². The highest BCUT2D eigenvalue weighted by Gasteiger charge is 1.99. The van der Waals surface area contributed by atoms with Crippen LogP contribution < -0.4 is 10.4 Å². The zero-order valence-corrected chi connectivity index (χ0v) is 11.1. The van der Waals surface area contributed by atoms with E-state index >= 15 is 0 Å². The Kier molecular flexibility index (Phi) is 4.37. The Hall–Kier alpha value is -1.80. The molecule has 0 aliphatic rings. The minimum atomic E-state index is 0.843. The van der Waals surface area contributed by atoms with Gasteiger partial charge in [-0.05, 0) is 29.7 Å². The molecular weight excluding hydrogens is 220 g/mol. The minimum absolute atomic E-state index is 0.843. The Morgan fingerprint density at radius 2 is 1.50 bits per heavy atom. The number of benzene rings is 2. The van der Waals surface area contributed by atoms with Crippen molar-refractivity contribution in [1.29, 1.82) is 0 Å². The third-order valence-electron chi connectivity index (χ3n) is 3.10. The van der Waals surface area contributed by atoms with Gasteiger partial charge in [-0.1, -0.05) is 49.4 Å². The zero-order chi connectivity index (χ0) is 12.8. The highest BCUT2D eigenvalue weighted by atomic mass is 15.5. The molecule has 0 aromatic heterocycles. The standard InChI is InChI=1S/C16H20N2/c1-3-14-9-11-15(12-10-14)13-17-18(2)16-7-5-4-6-8-16/h4-12,17H,3,13H2,1-2H3. The molecule has 0 aliphatic carbocycles. The summed E-state index contributed by atoms with van der Waals surface area (Å²) in [6.07, 6.45) is 1.09. The van der Waals surface area contributed by atoms with Crippen molar-refractivity contribution in [3.8, 4) is 0 Å². The van der Waals surface area contributed by atoms with Crippen molar-refractivity contribution in [1.82, 2.24) is 5.43 Å². The summed E-state index contributed by atoms with van der Waals surface area (Å²) in [4.78, 5) is 0. The average molecular weight is 240 g/mol. The van der Waals surface area contributed by atoms with Crippen molar-refractivity contribution in [2.75, 3.05) is 12.1 Å². The lowest BCUT2D eigenvalue weighted by Gasteiger charge is -2.20. The normalized spacial score (nSPS) is 10.3. The smallest absolute Gasteiger partial charge is 0.0516 e. The molecule has 0 fully saturated rings. The number of hydrogen-bond acceptors (Lipinski definition) is 2. The van der Waals surface area contributed by atoms with Crippen molar-refractivity contribution < 1.29 is 0 Å². The van der Waals surface area contributed by atoms with E-state index in [0.717, 1.165) is 13.0 Å². The molecule has 18 heavy (non-hydrogen) atoms. The van der Waals surface area contributed by atoms with Gasteiger partial charge in [-0.2, -0.15) is 0 Å². The van der Waals surface area contributed by atoms with Gasteiger partial charge in [0.2, 0.25) is 0 Å². The SMILES string of the molecule is CCc1ccc(CNN(C)c2ccccc2)cc1. The lowest BCUT2D eigenvalue weighted by molar-refractivity contribution is 0.678. The largest absolute Gasteiger partial charge is 0.311 e. The quantitative estimate of drug-likeness (QED) is 0.806. The fraction of sp³-hybridized carbons (Fsp3) is 0.250. The Bertz CT molecular complexity index is 462. The molecule has 0 amide bonds. The van der Waals surface area contributed by atoms with Crippen LogP contribution in [0.15, 0.2) is 54.6 Å². The Labute approximate surface area is 109 Å². The van der Waals surface area contributed by atoms with Crippen molar-refractivity contribution in [2.45, 2.75) is 19.9 Å². The number of rotatable bonds is 5. The van der Waals surface area contributed by atoms with Crippen LogP contribution in [0.3, 0.4) is 0 Å². The number of hydrazine groups is 1. The van der Waals surface area contributed by atoms with Crippen molar-refractivity contribution in [3.63, 3.8) is 0 Å². The van der Waals surface area contributed by atoms with E-state index < -0.39 is 0 Å². The molecule has 0 atom stereocenters. The summed E-state index contributed by atoms with van der Waals surface area (Å²) in [5.74, 6) is 0. The molecule has 94 valence electrons. The zero-order valence-electron chi connectivity index (χ0n) is 11.1. The lowest BCUT2D eigenvalue weighted by Crippen LogP contribution is -2.33. The fourth-order valence-corrected chi connectivity index (χ4v) is 1.85. The van der Waals surface area contributed by atoms with E-state index in [1.165, 1.54) is 16.8 Å². The molecule has 0 saturated carbocycles. The van der Waals surface area contributed by atoms with Crippen LogP contribution in [0, 0.1) is 0 Å². The van der Waals surface area contributed by atoms with Gasteiger partial charge in [0.25, 0.3) is 0 Å². The maximum Gasteiger partial charge on any atom is 0.0516 e. The van der Waals surface area contributed by atoms with Gasteiger partial charge in [0.1, 0.15) is 0 Å². The number of anilines is 1. The van der Waals surface area contributed by atoms with Crippen LogP contribution in [0.25, 0.3) is 0 Å². The second-order valence-electron chi connectivity index (χ2n) is 4.40. The van der Waals surface area contributed by atoms with Gasteiger partial charge >= 0.3 is 0 Å². The molecule has 2 nitrogen and oxygen atoms in total. The first kappa shape index (κ1) is 12.7. The van der Waals surface area contributed by atoms with E-state index in [0.29, 0.717) is 0 Å². The van der Waals surface area contributed by atoms with Gasteiger partial charge in [0.15, 0.2) is 0 Å². The molecule has 0 unspecified atom stereocenters. The van der Waals surface area contributed by atoms with Crippen LogP contribution in [-0.2, 0) is 13.0 Å². The molecule has 0 bridgehead atoms. The summed E-state index contributed by atoms with van der Waals surface area (Å²) in [6.45, 7) is 3.02. The lowest BCUT2D eigenvalue weighted by atomic mass is 10.1. The number of para-hydroxylation sites is 1. The van der Waals surface area contributed by atoms with E-state index in [1.807, 2.05) is 30.3 Å². The van der Waals surface area contributed by atoms with Gasteiger partial charge in [-0.15, -0.1) is 0 Å². The van der Waals surface area contributed by atoms with Crippen LogP contribution in [-0.4, -0.2) is 7.05 Å². The molecule has 2 aromatic rings. The molecule has 2 aromatic carbocycles. The van der Waals surface area contributed by atoms with Crippen LogP contribution in [0.4, 0.5) is 5.69 Å². The Balaban J connectivity index is 1.91. The molecule has 0 heterocycles. The summed E-state index contributed by atoms with van der Waals surface area (Å²) in [5.41, 5.74) is 7.24. The van der Waals surface area contributed by atoms with Gasteiger partial charge in [0.05, 0.1) is 5.69 Å². The predicted octanol–water partition coefficient (Wildman–Crippen LogP) is 3.39. The van der Waals surface area contributed by atoms with E-state index in [-0.39, 0.29) is 0 Å². The monoisotopic (exact) mass is 240 g/mol. The van der Waals surface area contributed by atoms with Gasteiger partial charge < -0.3 is 5.01 Å². The van der Waals surface area contributed by atoms with Crippen molar-refractivity contribution in [3.05, 3.63) is 65.7 Å². The summed E-state index contributed by atoms with van der Waals surface area (Å²) in [5, 5.41) is 2.05. The fourth-order valence-electron chi connectivity index (χ4n) is 1.85. The first-order valence-electron chi connectivity index (χ1n) is 6.39. The third kappa shape index (κ3) is 3.34. The third-order valence-corrected chi connectivity index (χ3v) is 3.10. The first-order chi connectivity index (χ1) is 8.79. The highest BCUT2D eigenvalue weighted by Crippen LogP contribution is 2.10. The van der Waals surface area contributed by atoms with Crippen molar-refractivity contribution >= 4 is 5.69 Å². The molecule has 2 heteroatoms. The van der Waals surface area contributed by atoms with Gasteiger partial charge in [-0.25, -0.2) is 5.43 Å². The molecule has 0 saturated heterocycles. The molecule has 1 N–H and O–H groups in total. The second kappa shape index (κ2) is 6.22. The Morgan fingerprint density at radius 3 is 2.11 bits per heavy atom. The number of nitrogens with zero attached hydrogens (tertiary/aromatic N) is 1. The Morgan fingerprint density at radius 1 is 0.889 bits per heavy atom. The van der Waals surface area contributed by atoms with Crippen LogP contribution in [0.2, 0.25) is 0 Å². The number of aryl methyl sites for hydroxylation is 1. The number of nitrogens with one attached hydrogen (secondary N) is 1. The molecule has 0 aliphatic heterocycles. The summed E-state index contributed by atoms with van der Waals surface area (Å²) in [7, 11) is 2.04. The maximum atomic E-state index is 3.39. The molecule has 2 rings (SSSR count). The average Bonchev–Trinajstić information content (AvgIpc) is 2.46. The van der Waals surface area contributed by atoms with E-state index in [2.05, 4.69) is 48.7 Å². The van der Waals surface area contributed by atoms with Crippen LogP contribution >= 0.6 is 0 Å². The summed E-state index contributed by atoms with van der Waals surface area (Å²) >= 11 is 0. The number of hydrogen-bond donors (Lipinski definition) is 1. The van der Waals surface area contributed by atoms with Crippen LogP contribution in [0.5, 0.6) is 0 Å². The predicted molar refractivity (Wildman–Crippen MR) is 77.5 cm³/mol. The van der Waals surface area contributed by atoms with Crippen molar-refractivity contribution in [2.24, 2.45) is 0 Å². The molecule has 0 radical (unpaired) electrons. The van der Waals surface area contributed by atoms with Gasteiger partial charge in [0, 0.05) is 13.6 Å². The second-order valence-corrected chi connectivity index (χ2v) is 4.40. The van der Waals surface area contributed by atoms with E-state index in [1.54, 1.807) is 0 Å². The van der Waals surface area contributed by atoms with E-state index in [4.69, 9.17) is 0 Å². The van der Waals surface area contributed by atoms with Gasteiger partial charge in [-0.3, -0.25) is 0 Å². The van der Waals surface area contributed by atoms with Crippen LogP contribution in [0.1, 0.15) is 18.1 Å². The topological polar surface area (TPSA) is 15.3 Å². The highest BCUT2D eigenvalue weighted by molar-refractivity contribution is 5.43. The summed E-state index contributed by atoms with van der Waals surface area (Å²) in [6, 6.07) is 19.1. The maximum absolute atomic E-state index is 3.39.